The molecule has 2 nitrogen and oxygen atoms in total. The number of rotatable bonds is 0. The second kappa shape index (κ2) is 2.13. The van der Waals surface area contributed by atoms with Crippen molar-refractivity contribution in [2.45, 2.75) is 25.9 Å². The summed E-state index contributed by atoms with van der Waals surface area (Å²) in [5.41, 5.74) is 2.84. The molecule has 2 heterocycles. The Balaban J connectivity index is 2.30. The maximum atomic E-state index is 3.40. The van der Waals surface area contributed by atoms with Crippen LogP contribution in [0, 0.1) is 0 Å². The normalized spacial score (nSPS) is 24.3. The molecule has 1 aromatic rings. The molecule has 0 bridgehead atoms. The fraction of sp³-hybridized carbons (Fsp3) is 0.500. The van der Waals surface area contributed by atoms with E-state index in [-0.39, 0.29) is 0 Å². The third-order valence-corrected chi connectivity index (χ3v) is 2.08. The summed E-state index contributed by atoms with van der Waals surface area (Å²) in [6.07, 6.45) is 3.16. The van der Waals surface area contributed by atoms with Gasteiger partial charge in [-0.15, -0.1) is 0 Å². The highest BCUT2D eigenvalue weighted by molar-refractivity contribution is 5.23. The summed E-state index contributed by atoms with van der Waals surface area (Å²) in [5, 5.41) is 3.40. The Hall–Kier alpha value is -0.760. The fourth-order valence-corrected chi connectivity index (χ4v) is 1.45. The van der Waals surface area contributed by atoms with E-state index < -0.39 is 0 Å². The van der Waals surface area contributed by atoms with Crippen molar-refractivity contribution < 1.29 is 0 Å². The highest BCUT2D eigenvalue weighted by Gasteiger charge is 2.13. The number of H-pyrrole nitrogens is 1. The summed E-state index contributed by atoms with van der Waals surface area (Å²) in [4.78, 5) is 3.25. The largest absolute Gasteiger partial charge is 0.365 e. The molecule has 54 valence electrons. The van der Waals surface area contributed by atoms with Crippen LogP contribution >= 0.6 is 0 Å². The molecule has 0 fully saturated rings. The van der Waals surface area contributed by atoms with Crippen molar-refractivity contribution in [1.29, 1.82) is 0 Å². The van der Waals surface area contributed by atoms with Crippen LogP contribution in [-0.4, -0.2) is 11.0 Å². The number of aromatic nitrogens is 1. The number of hydrogen-bond acceptors (Lipinski definition) is 1. The zero-order valence-electron chi connectivity index (χ0n) is 6.15. The fourth-order valence-electron chi connectivity index (χ4n) is 1.45. The summed E-state index contributed by atoms with van der Waals surface area (Å²) in [5.74, 6) is 0. The predicted molar refractivity (Wildman–Crippen MR) is 40.8 cm³/mol. The molecule has 0 radical (unpaired) electrons. The van der Waals surface area contributed by atoms with Gasteiger partial charge >= 0.3 is 0 Å². The van der Waals surface area contributed by atoms with Gasteiger partial charge in [-0.05, 0) is 18.6 Å². The number of fused-ring (bicyclic) bond motifs is 1. The van der Waals surface area contributed by atoms with Gasteiger partial charge < -0.3 is 10.3 Å². The van der Waals surface area contributed by atoms with Gasteiger partial charge in [0.25, 0.3) is 0 Å². The molecule has 0 aliphatic carbocycles. The summed E-state index contributed by atoms with van der Waals surface area (Å²) in [6.45, 7) is 3.24. The first kappa shape index (κ1) is 5.98. The van der Waals surface area contributed by atoms with Crippen molar-refractivity contribution >= 4 is 0 Å². The highest BCUT2D eigenvalue weighted by atomic mass is 14.9. The molecule has 0 saturated heterocycles. The minimum absolute atomic E-state index is 0.631. The lowest BCUT2D eigenvalue weighted by Gasteiger charge is -2.19. The monoisotopic (exact) mass is 136 g/mol. The third-order valence-electron chi connectivity index (χ3n) is 2.08. The van der Waals surface area contributed by atoms with Crippen LogP contribution in [-0.2, 0) is 13.0 Å². The number of aromatic amines is 1. The molecule has 2 rings (SSSR count). The smallest absolute Gasteiger partial charge is 0.0225 e. The van der Waals surface area contributed by atoms with Crippen molar-refractivity contribution in [3.05, 3.63) is 23.5 Å². The maximum absolute atomic E-state index is 3.40. The van der Waals surface area contributed by atoms with Gasteiger partial charge in [0.1, 0.15) is 0 Å². The molecule has 2 heteroatoms. The van der Waals surface area contributed by atoms with Crippen LogP contribution < -0.4 is 5.32 Å². The molecule has 1 aliphatic rings. The number of nitrogens with one attached hydrogen (secondary N) is 2. The predicted octanol–water partition coefficient (Wildman–Crippen LogP) is 1.05. The average molecular weight is 136 g/mol. The second-order valence-electron chi connectivity index (χ2n) is 2.97. The van der Waals surface area contributed by atoms with Crippen molar-refractivity contribution in [1.82, 2.24) is 10.3 Å². The summed E-state index contributed by atoms with van der Waals surface area (Å²) >= 11 is 0. The number of hydrogen-bond donors (Lipinski definition) is 2. The summed E-state index contributed by atoms with van der Waals surface area (Å²) in [7, 11) is 0. The first-order chi connectivity index (χ1) is 4.86. The lowest BCUT2D eigenvalue weighted by atomic mass is 10.1. The van der Waals surface area contributed by atoms with E-state index in [9.17, 15) is 0 Å². The Bertz CT molecular complexity index is 227. The van der Waals surface area contributed by atoms with Gasteiger partial charge in [-0.25, -0.2) is 0 Å². The van der Waals surface area contributed by atoms with Gasteiger partial charge in [0.15, 0.2) is 0 Å². The Labute approximate surface area is 60.6 Å². The zero-order chi connectivity index (χ0) is 6.97. The molecule has 10 heavy (non-hydrogen) atoms. The van der Waals surface area contributed by atoms with Crippen molar-refractivity contribution in [3.8, 4) is 0 Å². The van der Waals surface area contributed by atoms with Gasteiger partial charge in [-0.2, -0.15) is 0 Å². The molecule has 1 aliphatic heterocycles. The van der Waals surface area contributed by atoms with E-state index in [1.807, 2.05) is 6.20 Å². The Morgan fingerprint density at radius 3 is 3.40 bits per heavy atom. The summed E-state index contributed by atoms with van der Waals surface area (Å²) < 4.78 is 0. The van der Waals surface area contributed by atoms with E-state index >= 15 is 0 Å². The molecule has 0 amide bonds. The zero-order valence-corrected chi connectivity index (χ0v) is 6.15. The second-order valence-corrected chi connectivity index (χ2v) is 2.97. The van der Waals surface area contributed by atoms with Gasteiger partial charge in [-0.1, -0.05) is 0 Å². The van der Waals surface area contributed by atoms with Crippen LogP contribution in [0.5, 0.6) is 0 Å². The lowest BCUT2D eigenvalue weighted by molar-refractivity contribution is 0.509. The van der Waals surface area contributed by atoms with Crippen LogP contribution in [0.15, 0.2) is 12.3 Å². The molecule has 0 spiro atoms. The van der Waals surface area contributed by atoms with Gasteiger partial charge in [0.2, 0.25) is 0 Å². The SMILES string of the molecule is C[C@H]1Cc2[nH]ccc2CN1. The van der Waals surface area contributed by atoms with Crippen LogP contribution in [0.25, 0.3) is 0 Å². The quantitative estimate of drug-likeness (QED) is 0.548. The first-order valence-corrected chi connectivity index (χ1v) is 3.75. The highest BCUT2D eigenvalue weighted by Crippen LogP contribution is 2.13. The van der Waals surface area contributed by atoms with Gasteiger partial charge in [0.05, 0.1) is 0 Å². The topological polar surface area (TPSA) is 27.8 Å². The first-order valence-electron chi connectivity index (χ1n) is 3.75. The van der Waals surface area contributed by atoms with Crippen molar-refractivity contribution in [2.75, 3.05) is 0 Å². The van der Waals surface area contributed by atoms with Crippen LogP contribution in [0.1, 0.15) is 18.2 Å². The third kappa shape index (κ3) is 0.847. The van der Waals surface area contributed by atoms with Crippen molar-refractivity contribution in [3.63, 3.8) is 0 Å². The Morgan fingerprint density at radius 1 is 1.60 bits per heavy atom. The van der Waals surface area contributed by atoms with E-state index in [2.05, 4.69) is 23.3 Å². The van der Waals surface area contributed by atoms with E-state index in [4.69, 9.17) is 0 Å². The van der Waals surface area contributed by atoms with Crippen LogP contribution in [0.4, 0.5) is 0 Å². The summed E-state index contributed by atoms with van der Waals surface area (Å²) in [6, 6.07) is 2.78. The molecule has 0 unspecified atom stereocenters. The molecule has 2 N–H and O–H groups in total. The van der Waals surface area contributed by atoms with E-state index in [1.54, 1.807) is 0 Å². The molecule has 1 aromatic heterocycles. The Morgan fingerprint density at radius 2 is 2.50 bits per heavy atom. The molecular weight excluding hydrogens is 124 g/mol. The molecule has 0 saturated carbocycles. The van der Waals surface area contributed by atoms with Gasteiger partial charge in [-0.3, -0.25) is 0 Å². The van der Waals surface area contributed by atoms with E-state index in [0.29, 0.717) is 6.04 Å². The minimum Gasteiger partial charge on any atom is -0.365 e. The molecule has 1 atom stereocenters. The molecular formula is C8H12N2. The van der Waals surface area contributed by atoms with E-state index in [0.717, 1.165) is 13.0 Å². The lowest BCUT2D eigenvalue weighted by Crippen LogP contribution is -2.32. The Kier molecular flexibility index (Phi) is 1.27. The standard InChI is InChI=1S/C8H12N2/c1-6-4-8-7(5-10-6)2-3-9-8/h2-3,6,9-10H,4-5H2,1H3/t6-/m0/s1. The van der Waals surface area contributed by atoms with Crippen LogP contribution in [0.3, 0.4) is 0 Å². The maximum Gasteiger partial charge on any atom is 0.0225 e. The average Bonchev–Trinajstić information content (AvgIpc) is 2.33. The minimum atomic E-state index is 0.631. The van der Waals surface area contributed by atoms with E-state index in [1.165, 1.54) is 11.3 Å². The van der Waals surface area contributed by atoms with Crippen molar-refractivity contribution in [2.24, 2.45) is 0 Å². The van der Waals surface area contributed by atoms with Gasteiger partial charge in [0, 0.05) is 30.9 Å². The molecule has 0 aromatic carbocycles. The van der Waals surface area contributed by atoms with Crippen LogP contribution in [0.2, 0.25) is 0 Å².